The van der Waals surface area contributed by atoms with Crippen LogP contribution in [0.1, 0.15) is 19.8 Å². The highest BCUT2D eigenvalue weighted by molar-refractivity contribution is 9.09. The first-order valence-electron chi connectivity index (χ1n) is 5.66. The van der Waals surface area contributed by atoms with Crippen molar-refractivity contribution >= 4 is 27.7 Å². The fourth-order valence-corrected chi connectivity index (χ4v) is 2.47. The topological polar surface area (TPSA) is 40.6 Å². The van der Waals surface area contributed by atoms with E-state index in [0.29, 0.717) is 25.6 Å². The average Bonchev–Trinajstić information content (AvgIpc) is 2.25. The molecule has 5 heteroatoms. The quantitative estimate of drug-likeness (QED) is 0.562. The number of carbonyl (C=O) groups excluding carboxylic acids is 2. The Bertz CT molecular complexity index is 271. The van der Waals surface area contributed by atoms with Gasteiger partial charge in [0, 0.05) is 32.0 Å². The largest absolute Gasteiger partial charge is 0.336 e. The van der Waals surface area contributed by atoms with Gasteiger partial charge >= 0.3 is 11.8 Å². The number of hydrogen-bond acceptors (Lipinski definition) is 2. The van der Waals surface area contributed by atoms with Gasteiger partial charge in [-0.1, -0.05) is 22.9 Å². The number of piperazine rings is 1. The molecule has 1 aliphatic heterocycles. The monoisotopic (exact) mass is 290 g/mol. The Morgan fingerprint density at radius 1 is 1.25 bits per heavy atom. The summed E-state index contributed by atoms with van der Waals surface area (Å²) in [6, 6.07) is 0. The second kappa shape index (κ2) is 6.23. The normalized spacial score (nSPS) is 19.2. The molecule has 0 aromatic heterocycles. The van der Waals surface area contributed by atoms with E-state index in [0.717, 1.165) is 18.2 Å². The molecule has 1 rings (SSSR count). The van der Waals surface area contributed by atoms with Gasteiger partial charge in [0.25, 0.3) is 0 Å². The Labute approximate surface area is 105 Å². The predicted molar refractivity (Wildman–Crippen MR) is 66.4 cm³/mol. The molecular formula is C11H19BrN2O2. The average molecular weight is 291 g/mol. The summed E-state index contributed by atoms with van der Waals surface area (Å²) in [5.74, 6) is -0.138. The molecule has 0 radical (unpaired) electrons. The number of carbonyl (C=O) groups is 2. The smallest absolute Gasteiger partial charge is 0.312 e. The van der Waals surface area contributed by atoms with E-state index >= 15 is 0 Å². The molecule has 0 aliphatic carbocycles. The van der Waals surface area contributed by atoms with Crippen LogP contribution in [0.3, 0.4) is 0 Å². The summed E-state index contributed by atoms with van der Waals surface area (Å²) in [4.78, 5) is 26.2. The van der Waals surface area contributed by atoms with E-state index in [-0.39, 0.29) is 11.8 Å². The standard InChI is InChI=1S/C11H19BrN2O2/c1-9(3-5-12)4-6-14-8-7-13(2)10(15)11(14)16/h9H,3-8H2,1-2H3. The molecule has 1 unspecified atom stereocenters. The highest BCUT2D eigenvalue weighted by atomic mass is 79.9. The zero-order valence-corrected chi connectivity index (χ0v) is 11.5. The molecule has 4 nitrogen and oxygen atoms in total. The van der Waals surface area contributed by atoms with Gasteiger partial charge in [-0.2, -0.15) is 0 Å². The molecule has 0 aromatic carbocycles. The third kappa shape index (κ3) is 3.47. The van der Waals surface area contributed by atoms with E-state index in [9.17, 15) is 9.59 Å². The first-order chi connectivity index (χ1) is 7.56. The number of amides is 2. The molecule has 16 heavy (non-hydrogen) atoms. The lowest BCUT2D eigenvalue weighted by atomic mass is 10.0. The SMILES string of the molecule is CC(CCBr)CCN1CCN(C)C(=O)C1=O. The van der Waals surface area contributed by atoms with Crippen molar-refractivity contribution < 1.29 is 9.59 Å². The molecule has 0 aromatic rings. The van der Waals surface area contributed by atoms with Crippen LogP contribution < -0.4 is 0 Å². The molecule has 1 saturated heterocycles. The Morgan fingerprint density at radius 2 is 1.94 bits per heavy atom. The molecule has 1 atom stereocenters. The number of alkyl halides is 1. The zero-order valence-electron chi connectivity index (χ0n) is 9.91. The van der Waals surface area contributed by atoms with Crippen LogP contribution >= 0.6 is 15.9 Å². The van der Waals surface area contributed by atoms with E-state index in [1.54, 1.807) is 11.9 Å². The van der Waals surface area contributed by atoms with Gasteiger partial charge < -0.3 is 9.80 Å². The van der Waals surface area contributed by atoms with Crippen molar-refractivity contribution in [3.05, 3.63) is 0 Å². The van der Waals surface area contributed by atoms with Gasteiger partial charge in [0.1, 0.15) is 0 Å². The van der Waals surface area contributed by atoms with Crippen LogP contribution in [0.5, 0.6) is 0 Å². The first-order valence-corrected chi connectivity index (χ1v) is 6.78. The third-order valence-electron chi connectivity index (χ3n) is 3.02. The fourth-order valence-electron chi connectivity index (χ4n) is 1.69. The van der Waals surface area contributed by atoms with Crippen molar-refractivity contribution in [1.82, 2.24) is 9.80 Å². The van der Waals surface area contributed by atoms with E-state index < -0.39 is 0 Å². The van der Waals surface area contributed by atoms with Crippen LogP contribution in [0.4, 0.5) is 0 Å². The predicted octanol–water partition coefficient (Wildman–Crippen LogP) is 1.10. The molecule has 0 spiro atoms. The molecule has 1 fully saturated rings. The van der Waals surface area contributed by atoms with E-state index in [1.165, 1.54) is 4.90 Å². The van der Waals surface area contributed by atoms with Gasteiger partial charge in [-0.25, -0.2) is 0 Å². The maximum Gasteiger partial charge on any atom is 0.312 e. The fraction of sp³-hybridized carbons (Fsp3) is 0.818. The second-order valence-corrected chi connectivity index (χ2v) is 5.18. The maximum absolute atomic E-state index is 11.6. The lowest BCUT2D eigenvalue weighted by Gasteiger charge is -2.32. The highest BCUT2D eigenvalue weighted by Crippen LogP contribution is 2.12. The highest BCUT2D eigenvalue weighted by Gasteiger charge is 2.29. The van der Waals surface area contributed by atoms with Crippen LogP contribution in [0, 0.1) is 5.92 Å². The molecule has 1 aliphatic rings. The number of likely N-dealkylation sites (N-methyl/N-ethyl adjacent to an activating group) is 1. The number of rotatable bonds is 5. The van der Waals surface area contributed by atoms with Crippen LogP contribution in [0.2, 0.25) is 0 Å². The Morgan fingerprint density at radius 3 is 2.56 bits per heavy atom. The van der Waals surface area contributed by atoms with Gasteiger partial charge in [-0.05, 0) is 18.8 Å². The minimum Gasteiger partial charge on any atom is -0.336 e. The summed E-state index contributed by atoms with van der Waals surface area (Å²) in [5.41, 5.74) is 0. The van der Waals surface area contributed by atoms with E-state index in [1.807, 2.05) is 0 Å². The maximum atomic E-state index is 11.6. The van der Waals surface area contributed by atoms with Crippen molar-refractivity contribution in [1.29, 1.82) is 0 Å². The molecule has 0 saturated carbocycles. The van der Waals surface area contributed by atoms with Gasteiger partial charge in [-0.3, -0.25) is 9.59 Å². The summed E-state index contributed by atoms with van der Waals surface area (Å²) in [7, 11) is 1.67. The van der Waals surface area contributed by atoms with Gasteiger partial charge in [0.2, 0.25) is 0 Å². The van der Waals surface area contributed by atoms with Gasteiger partial charge in [-0.15, -0.1) is 0 Å². The van der Waals surface area contributed by atoms with Crippen LogP contribution in [-0.2, 0) is 9.59 Å². The molecule has 0 N–H and O–H groups in total. The summed E-state index contributed by atoms with van der Waals surface area (Å²) in [6.45, 7) is 4.19. The third-order valence-corrected chi connectivity index (χ3v) is 3.47. The lowest BCUT2D eigenvalue weighted by molar-refractivity contribution is -0.155. The van der Waals surface area contributed by atoms with Gasteiger partial charge in [0.05, 0.1) is 0 Å². The van der Waals surface area contributed by atoms with Crippen molar-refractivity contribution in [3.8, 4) is 0 Å². The van der Waals surface area contributed by atoms with Crippen LogP contribution in [0.15, 0.2) is 0 Å². The van der Waals surface area contributed by atoms with Crippen molar-refractivity contribution in [2.75, 3.05) is 32.0 Å². The summed E-state index contributed by atoms with van der Waals surface area (Å²) in [5, 5.41) is 0.990. The second-order valence-electron chi connectivity index (χ2n) is 4.39. The minimum atomic E-state index is -0.376. The van der Waals surface area contributed by atoms with Crippen LogP contribution in [0.25, 0.3) is 0 Å². The first kappa shape index (κ1) is 13.5. The van der Waals surface area contributed by atoms with Crippen LogP contribution in [-0.4, -0.2) is 53.6 Å². The Balaban J connectivity index is 2.38. The minimum absolute atomic E-state index is 0.347. The molecule has 92 valence electrons. The summed E-state index contributed by atoms with van der Waals surface area (Å²) >= 11 is 3.40. The van der Waals surface area contributed by atoms with E-state index in [2.05, 4.69) is 22.9 Å². The molecular weight excluding hydrogens is 272 g/mol. The molecule has 0 bridgehead atoms. The summed E-state index contributed by atoms with van der Waals surface area (Å²) < 4.78 is 0. The zero-order chi connectivity index (χ0) is 12.1. The van der Waals surface area contributed by atoms with Crippen molar-refractivity contribution in [2.24, 2.45) is 5.92 Å². The van der Waals surface area contributed by atoms with E-state index in [4.69, 9.17) is 0 Å². The van der Waals surface area contributed by atoms with Crippen molar-refractivity contribution in [3.63, 3.8) is 0 Å². The van der Waals surface area contributed by atoms with Crippen molar-refractivity contribution in [2.45, 2.75) is 19.8 Å². The number of halogens is 1. The Hall–Kier alpha value is -0.580. The Kier molecular flexibility index (Phi) is 5.25. The number of nitrogens with zero attached hydrogens (tertiary/aromatic N) is 2. The number of hydrogen-bond donors (Lipinski definition) is 0. The lowest BCUT2D eigenvalue weighted by Crippen LogP contribution is -2.53. The summed E-state index contributed by atoms with van der Waals surface area (Å²) in [6.07, 6.45) is 2.07. The molecule has 1 heterocycles. The van der Waals surface area contributed by atoms with Gasteiger partial charge in [0.15, 0.2) is 0 Å². The molecule has 2 amide bonds.